The molecule has 0 amide bonds. The zero-order chi connectivity index (χ0) is 11.4. The van der Waals surface area contributed by atoms with Crippen LogP contribution in [0, 0.1) is 0 Å². The summed E-state index contributed by atoms with van der Waals surface area (Å²) in [6, 6.07) is 5.72. The summed E-state index contributed by atoms with van der Waals surface area (Å²) in [4.78, 5) is 11.5. The van der Waals surface area contributed by atoms with Crippen molar-refractivity contribution in [2.45, 2.75) is 25.7 Å². The summed E-state index contributed by atoms with van der Waals surface area (Å²) in [5.74, 6) is 1.79. The first-order valence-corrected chi connectivity index (χ1v) is 6.20. The lowest BCUT2D eigenvalue weighted by molar-refractivity contribution is 0.0994. The third-order valence-electron chi connectivity index (χ3n) is 2.82. The molecule has 1 aliphatic rings. The van der Waals surface area contributed by atoms with Gasteiger partial charge in [-0.25, -0.2) is 0 Å². The van der Waals surface area contributed by atoms with Gasteiger partial charge >= 0.3 is 0 Å². The van der Waals surface area contributed by atoms with Gasteiger partial charge < -0.3 is 4.74 Å². The number of hydrogen-bond acceptors (Lipinski definition) is 2. The summed E-state index contributed by atoms with van der Waals surface area (Å²) in [5.41, 5.74) is 1.92. The standard InChI is InChI=1S/C13H15ClO2/c14-8-1-2-9-16-13-5-3-4-10-11(13)6-7-12(10)15/h3-5H,1-2,6-9H2. The first-order chi connectivity index (χ1) is 7.83. The fraction of sp³-hybridized carbons (Fsp3) is 0.462. The van der Waals surface area contributed by atoms with Crippen molar-refractivity contribution in [3.63, 3.8) is 0 Å². The molecular weight excluding hydrogens is 224 g/mol. The van der Waals surface area contributed by atoms with Crippen molar-refractivity contribution in [3.8, 4) is 5.75 Å². The van der Waals surface area contributed by atoms with Gasteiger partial charge in [0.15, 0.2) is 5.78 Å². The number of rotatable bonds is 5. The second kappa shape index (κ2) is 5.35. The van der Waals surface area contributed by atoms with E-state index in [9.17, 15) is 4.79 Å². The molecule has 0 aromatic heterocycles. The van der Waals surface area contributed by atoms with Gasteiger partial charge in [0.05, 0.1) is 6.61 Å². The molecule has 0 bridgehead atoms. The zero-order valence-electron chi connectivity index (χ0n) is 9.17. The summed E-state index contributed by atoms with van der Waals surface area (Å²) in [7, 11) is 0. The van der Waals surface area contributed by atoms with Crippen molar-refractivity contribution in [3.05, 3.63) is 29.3 Å². The van der Waals surface area contributed by atoms with Crippen LogP contribution in [0.4, 0.5) is 0 Å². The quantitative estimate of drug-likeness (QED) is 0.582. The van der Waals surface area contributed by atoms with Crippen molar-refractivity contribution in [2.75, 3.05) is 12.5 Å². The average Bonchev–Trinajstić information content (AvgIpc) is 2.68. The van der Waals surface area contributed by atoms with E-state index in [1.165, 1.54) is 0 Å². The van der Waals surface area contributed by atoms with Gasteiger partial charge in [-0.3, -0.25) is 4.79 Å². The van der Waals surface area contributed by atoms with E-state index in [2.05, 4.69) is 0 Å². The molecule has 0 atom stereocenters. The molecule has 3 heteroatoms. The van der Waals surface area contributed by atoms with Crippen molar-refractivity contribution in [2.24, 2.45) is 0 Å². The third kappa shape index (κ3) is 2.38. The Labute approximate surface area is 101 Å². The zero-order valence-corrected chi connectivity index (χ0v) is 9.93. The predicted molar refractivity (Wildman–Crippen MR) is 64.5 cm³/mol. The molecule has 2 nitrogen and oxygen atoms in total. The van der Waals surface area contributed by atoms with Gasteiger partial charge in [0.1, 0.15) is 5.75 Å². The normalized spacial score (nSPS) is 13.9. The molecule has 0 aliphatic heterocycles. The molecule has 0 unspecified atom stereocenters. The van der Waals surface area contributed by atoms with Crippen molar-refractivity contribution < 1.29 is 9.53 Å². The molecule has 0 radical (unpaired) electrons. The molecule has 2 rings (SSSR count). The summed E-state index contributed by atoms with van der Waals surface area (Å²) >= 11 is 5.60. The number of carbonyl (C=O) groups excluding carboxylic acids is 1. The highest BCUT2D eigenvalue weighted by atomic mass is 35.5. The fourth-order valence-corrected chi connectivity index (χ4v) is 2.16. The Balaban J connectivity index is 2.02. The predicted octanol–water partition coefficient (Wildman–Crippen LogP) is 3.21. The van der Waals surface area contributed by atoms with Gasteiger partial charge in [-0.2, -0.15) is 0 Å². The highest BCUT2D eigenvalue weighted by molar-refractivity contribution is 6.17. The van der Waals surface area contributed by atoms with Crippen molar-refractivity contribution in [1.29, 1.82) is 0 Å². The van der Waals surface area contributed by atoms with E-state index >= 15 is 0 Å². The molecule has 1 aromatic rings. The number of ketones is 1. The molecule has 0 saturated heterocycles. The minimum atomic E-state index is 0.237. The monoisotopic (exact) mass is 238 g/mol. The van der Waals surface area contributed by atoms with E-state index in [1.807, 2.05) is 18.2 Å². The smallest absolute Gasteiger partial charge is 0.163 e. The van der Waals surface area contributed by atoms with Gasteiger partial charge in [-0.05, 0) is 25.3 Å². The van der Waals surface area contributed by atoms with Crippen LogP contribution in [-0.4, -0.2) is 18.3 Å². The fourth-order valence-electron chi connectivity index (χ4n) is 1.97. The molecule has 0 heterocycles. The average molecular weight is 239 g/mol. The number of fused-ring (bicyclic) bond motifs is 1. The number of ether oxygens (including phenoxy) is 1. The maximum Gasteiger partial charge on any atom is 0.163 e. The minimum absolute atomic E-state index is 0.237. The lowest BCUT2D eigenvalue weighted by Crippen LogP contribution is -2.00. The Kier molecular flexibility index (Phi) is 3.83. The van der Waals surface area contributed by atoms with E-state index in [1.54, 1.807) is 0 Å². The maximum atomic E-state index is 11.5. The van der Waals surface area contributed by atoms with E-state index in [0.717, 1.165) is 36.1 Å². The van der Waals surface area contributed by atoms with E-state index in [4.69, 9.17) is 16.3 Å². The van der Waals surface area contributed by atoms with E-state index in [0.29, 0.717) is 18.9 Å². The Hall–Kier alpha value is -1.02. The van der Waals surface area contributed by atoms with Gasteiger partial charge in [-0.15, -0.1) is 11.6 Å². The van der Waals surface area contributed by atoms with Gasteiger partial charge in [0.2, 0.25) is 0 Å². The number of hydrogen-bond donors (Lipinski definition) is 0. The molecule has 0 spiro atoms. The molecule has 16 heavy (non-hydrogen) atoms. The molecule has 0 saturated carbocycles. The third-order valence-corrected chi connectivity index (χ3v) is 3.09. The van der Waals surface area contributed by atoms with Gasteiger partial charge in [-0.1, -0.05) is 12.1 Å². The second-order valence-corrected chi connectivity index (χ2v) is 4.33. The number of benzene rings is 1. The van der Waals surface area contributed by atoms with Crippen LogP contribution in [0.2, 0.25) is 0 Å². The second-order valence-electron chi connectivity index (χ2n) is 3.95. The van der Waals surface area contributed by atoms with Crippen LogP contribution in [0.5, 0.6) is 5.75 Å². The number of unbranched alkanes of at least 4 members (excludes halogenated alkanes) is 1. The lowest BCUT2D eigenvalue weighted by Gasteiger charge is -2.09. The molecule has 0 N–H and O–H groups in total. The number of carbonyl (C=O) groups is 1. The Bertz CT molecular complexity index is 388. The Morgan fingerprint density at radius 2 is 2.12 bits per heavy atom. The van der Waals surface area contributed by atoms with Crippen LogP contribution < -0.4 is 4.74 Å². The highest BCUT2D eigenvalue weighted by Gasteiger charge is 2.22. The largest absolute Gasteiger partial charge is 0.493 e. The SMILES string of the molecule is O=C1CCc2c(OCCCCCl)cccc21. The van der Waals surface area contributed by atoms with Crippen molar-refractivity contribution >= 4 is 17.4 Å². The molecule has 0 fully saturated rings. The van der Waals surface area contributed by atoms with Gasteiger partial charge in [0.25, 0.3) is 0 Å². The summed E-state index contributed by atoms with van der Waals surface area (Å²) in [5, 5.41) is 0. The summed E-state index contributed by atoms with van der Waals surface area (Å²) < 4.78 is 5.69. The molecular formula is C13H15ClO2. The Morgan fingerprint density at radius 1 is 1.25 bits per heavy atom. The van der Waals surface area contributed by atoms with Crippen molar-refractivity contribution in [1.82, 2.24) is 0 Å². The first-order valence-electron chi connectivity index (χ1n) is 5.67. The topological polar surface area (TPSA) is 26.3 Å². The van der Waals surface area contributed by atoms with E-state index in [-0.39, 0.29) is 5.78 Å². The Morgan fingerprint density at radius 3 is 2.94 bits per heavy atom. The number of Topliss-reactive ketones (excluding diaryl/α,β-unsaturated/α-hetero) is 1. The minimum Gasteiger partial charge on any atom is -0.493 e. The van der Waals surface area contributed by atoms with Crippen LogP contribution in [0.15, 0.2) is 18.2 Å². The van der Waals surface area contributed by atoms with Crippen LogP contribution in [-0.2, 0) is 6.42 Å². The summed E-state index contributed by atoms with van der Waals surface area (Å²) in [6.45, 7) is 0.678. The van der Waals surface area contributed by atoms with Crippen LogP contribution in [0.1, 0.15) is 35.2 Å². The van der Waals surface area contributed by atoms with Gasteiger partial charge in [0, 0.05) is 23.4 Å². The number of halogens is 1. The van der Waals surface area contributed by atoms with Crippen LogP contribution in [0.3, 0.4) is 0 Å². The molecule has 1 aromatic carbocycles. The highest BCUT2D eigenvalue weighted by Crippen LogP contribution is 2.30. The van der Waals surface area contributed by atoms with Crippen LogP contribution >= 0.6 is 11.6 Å². The first kappa shape index (κ1) is 11.5. The molecule has 1 aliphatic carbocycles. The van der Waals surface area contributed by atoms with E-state index < -0.39 is 0 Å². The number of alkyl halides is 1. The lowest BCUT2D eigenvalue weighted by atomic mass is 10.1. The molecule has 86 valence electrons. The maximum absolute atomic E-state index is 11.5. The van der Waals surface area contributed by atoms with Crippen LogP contribution in [0.25, 0.3) is 0 Å². The summed E-state index contributed by atoms with van der Waals surface area (Å²) in [6.07, 6.45) is 3.37.